The van der Waals surface area contributed by atoms with Gasteiger partial charge in [0.15, 0.2) is 0 Å². The second-order valence-electron chi connectivity index (χ2n) is 3.97. The van der Waals surface area contributed by atoms with Gasteiger partial charge in [-0.05, 0) is 6.42 Å². The van der Waals surface area contributed by atoms with Crippen molar-refractivity contribution in [2.45, 2.75) is 26.3 Å². The van der Waals surface area contributed by atoms with E-state index in [0.29, 0.717) is 25.4 Å². The molecule has 0 aliphatic carbocycles. The van der Waals surface area contributed by atoms with Crippen molar-refractivity contribution in [2.24, 2.45) is 5.73 Å². The second kappa shape index (κ2) is 10.1. The van der Waals surface area contributed by atoms with Gasteiger partial charge in [-0.1, -0.05) is 13.3 Å². The van der Waals surface area contributed by atoms with Crippen LogP contribution in [0.4, 0.5) is 0 Å². The summed E-state index contributed by atoms with van der Waals surface area (Å²) in [4.78, 5) is 18.3. The first-order valence-corrected chi connectivity index (χ1v) is 7.03. The molecule has 0 saturated heterocycles. The lowest BCUT2D eigenvalue weighted by molar-refractivity contribution is 0.0688. The Balaban J connectivity index is 0.00000324. The zero-order valence-electron chi connectivity index (χ0n) is 11.4. The molecule has 2 N–H and O–H groups in total. The molecular weight excluding hydrogens is 286 g/mol. The molecule has 7 heteroatoms. The number of aromatic nitrogens is 1. The molecule has 0 radical (unpaired) electrons. The van der Waals surface area contributed by atoms with Gasteiger partial charge in [-0.15, -0.1) is 23.7 Å². The number of rotatable bonds is 8. The summed E-state index contributed by atoms with van der Waals surface area (Å²) >= 11 is 1.43. The highest BCUT2D eigenvalue weighted by atomic mass is 35.5. The lowest BCUT2D eigenvalue weighted by Crippen LogP contribution is -2.35. The van der Waals surface area contributed by atoms with Gasteiger partial charge in [0.05, 0.1) is 6.61 Å². The standard InChI is InChI=1S/C12H21N3O2S.ClH/c1-3-4-5-15(6-7-17-2)12(16)10-9-18-11(8-13)14-10;/h9H,3-8,13H2,1-2H3;1H. The number of unbranched alkanes of at least 4 members (excludes halogenated alkanes) is 1. The fourth-order valence-corrected chi connectivity index (χ4v) is 2.18. The van der Waals surface area contributed by atoms with Crippen LogP contribution in [0.2, 0.25) is 0 Å². The Morgan fingerprint density at radius 2 is 2.26 bits per heavy atom. The van der Waals surface area contributed by atoms with Crippen molar-refractivity contribution in [3.8, 4) is 0 Å². The third kappa shape index (κ3) is 5.86. The quantitative estimate of drug-likeness (QED) is 0.796. The number of amides is 1. The van der Waals surface area contributed by atoms with Crippen molar-refractivity contribution in [3.05, 3.63) is 16.1 Å². The number of ether oxygens (including phenoxy) is 1. The largest absolute Gasteiger partial charge is 0.383 e. The average molecular weight is 308 g/mol. The van der Waals surface area contributed by atoms with Gasteiger partial charge in [-0.3, -0.25) is 4.79 Å². The molecule has 0 atom stereocenters. The molecule has 110 valence electrons. The Bertz CT molecular complexity index is 366. The lowest BCUT2D eigenvalue weighted by Gasteiger charge is -2.21. The minimum Gasteiger partial charge on any atom is -0.383 e. The van der Waals surface area contributed by atoms with Gasteiger partial charge in [-0.2, -0.15) is 0 Å². The molecule has 0 spiro atoms. The summed E-state index contributed by atoms with van der Waals surface area (Å²) in [5, 5.41) is 2.57. The molecule has 0 aliphatic heterocycles. The van der Waals surface area contributed by atoms with Crippen LogP contribution in [-0.2, 0) is 11.3 Å². The predicted molar refractivity (Wildman–Crippen MR) is 79.9 cm³/mol. The zero-order chi connectivity index (χ0) is 13.4. The van der Waals surface area contributed by atoms with Gasteiger partial charge < -0.3 is 15.4 Å². The number of hydrogen-bond donors (Lipinski definition) is 1. The zero-order valence-corrected chi connectivity index (χ0v) is 13.1. The van der Waals surface area contributed by atoms with Gasteiger partial charge in [0.1, 0.15) is 10.7 Å². The van der Waals surface area contributed by atoms with Crippen molar-refractivity contribution in [1.82, 2.24) is 9.88 Å². The number of carbonyl (C=O) groups excluding carboxylic acids is 1. The Hall–Kier alpha value is -0.690. The normalized spacial score (nSPS) is 10.1. The smallest absolute Gasteiger partial charge is 0.273 e. The number of nitrogens with two attached hydrogens (primary N) is 1. The van der Waals surface area contributed by atoms with E-state index in [1.165, 1.54) is 11.3 Å². The number of halogens is 1. The van der Waals surface area contributed by atoms with Crippen LogP contribution in [-0.4, -0.2) is 42.6 Å². The van der Waals surface area contributed by atoms with Gasteiger partial charge >= 0.3 is 0 Å². The molecular formula is C12H22ClN3O2S. The Labute approximate surface area is 124 Å². The van der Waals surface area contributed by atoms with E-state index >= 15 is 0 Å². The molecule has 0 fully saturated rings. The van der Waals surface area contributed by atoms with E-state index in [-0.39, 0.29) is 18.3 Å². The second-order valence-corrected chi connectivity index (χ2v) is 4.91. The SMILES string of the molecule is CCCCN(CCOC)C(=O)c1csc(CN)n1.Cl. The fourth-order valence-electron chi connectivity index (χ4n) is 1.53. The van der Waals surface area contributed by atoms with Crippen molar-refractivity contribution in [2.75, 3.05) is 26.8 Å². The van der Waals surface area contributed by atoms with Gasteiger partial charge in [0.2, 0.25) is 0 Å². The Kier molecular flexibility index (Phi) is 9.77. The molecule has 0 aromatic carbocycles. The van der Waals surface area contributed by atoms with Crippen molar-refractivity contribution in [1.29, 1.82) is 0 Å². The Morgan fingerprint density at radius 1 is 1.53 bits per heavy atom. The number of methoxy groups -OCH3 is 1. The summed E-state index contributed by atoms with van der Waals surface area (Å²) < 4.78 is 5.03. The number of nitrogens with zero attached hydrogens (tertiary/aromatic N) is 2. The van der Waals surface area contributed by atoms with E-state index in [4.69, 9.17) is 10.5 Å². The molecule has 1 rings (SSSR count). The molecule has 1 aromatic rings. The lowest BCUT2D eigenvalue weighted by atomic mass is 10.3. The Morgan fingerprint density at radius 3 is 2.79 bits per heavy atom. The maximum absolute atomic E-state index is 12.3. The van der Waals surface area contributed by atoms with Crippen LogP contribution in [0.1, 0.15) is 35.3 Å². The number of hydrogen-bond acceptors (Lipinski definition) is 5. The molecule has 1 amide bonds. The van der Waals surface area contributed by atoms with E-state index < -0.39 is 0 Å². The van der Waals surface area contributed by atoms with Crippen LogP contribution in [0.25, 0.3) is 0 Å². The number of thiazole rings is 1. The molecule has 0 saturated carbocycles. The van der Waals surface area contributed by atoms with E-state index in [0.717, 1.165) is 24.4 Å². The highest BCUT2D eigenvalue weighted by Gasteiger charge is 2.17. The summed E-state index contributed by atoms with van der Waals surface area (Å²) in [5.41, 5.74) is 6.00. The molecule has 0 unspecified atom stereocenters. The summed E-state index contributed by atoms with van der Waals surface area (Å²) in [6.07, 6.45) is 2.05. The van der Waals surface area contributed by atoms with Crippen LogP contribution in [0, 0.1) is 0 Å². The van der Waals surface area contributed by atoms with Crippen LogP contribution in [0.3, 0.4) is 0 Å². The molecule has 5 nitrogen and oxygen atoms in total. The van der Waals surface area contributed by atoms with Crippen LogP contribution in [0.15, 0.2) is 5.38 Å². The summed E-state index contributed by atoms with van der Waals surface area (Å²) in [6, 6.07) is 0. The minimum atomic E-state index is -0.0311. The van der Waals surface area contributed by atoms with E-state index in [2.05, 4.69) is 11.9 Å². The van der Waals surface area contributed by atoms with Crippen molar-refractivity contribution in [3.63, 3.8) is 0 Å². The predicted octanol–water partition coefficient (Wildman–Crippen LogP) is 1.91. The molecule has 19 heavy (non-hydrogen) atoms. The summed E-state index contributed by atoms with van der Waals surface area (Å²) in [7, 11) is 1.64. The molecule has 1 aromatic heterocycles. The third-order valence-electron chi connectivity index (χ3n) is 2.58. The first kappa shape index (κ1) is 18.3. The van der Waals surface area contributed by atoms with Crippen LogP contribution < -0.4 is 5.73 Å². The first-order valence-electron chi connectivity index (χ1n) is 6.15. The molecule has 1 heterocycles. The van der Waals surface area contributed by atoms with Crippen molar-refractivity contribution < 1.29 is 9.53 Å². The first-order chi connectivity index (χ1) is 8.72. The molecule has 0 aliphatic rings. The van der Waals surface area contributed by atoms with Crippen LogP contribution >= 0.6 is 23.7 Å². The van der Waals surface area contributed by atoms with Gasteiger partial charge in [0.25, 0.3) is 5.91 Å². The monoisotopic (exact) mass is 307 g/mol. The van der Waals surface area contributed by atoms with Gasteiger partial charge in [-0.25, -0.2) is 4.98 Å². The topological polar surface area (TPSA) is 68.5 Å². The average Bonchev–Trinajstić information content (AvgIpc) is 2.87. The van der Waals surface area contributed by atoms with E-state index in [1.807, 2.05) is 0 Å². The summed E-state index contributed by atoms with van der Waals surface area (Å²) in [6.45, 7) is 4.38. The fraction of sp³-hybridized carbons (Fsp3) is 0.667. The highest BCUT2D eigenvalue weighted by Crippen LogP contribution is 2.12. The number of carbonyl (C=O) groups is 1. The van der Waals surface area contributed by atoms with Crippen molar-refractivity contribution >= 4 is 29.7 Å². The highest BCUT2D eigenvalue weighted by molar-refractivity contribution is 7.09. The minimum absolute atomic E-state index is 0. The van der Waals surface area contributed by atoms with Gasteiger partial charge in [0, 0.05) is 32.1 Å². The van der Waals surface area contributed by atoms with E-state index in [9.17, 15) is 4.79 Å². The van der Waals surface area contributed by atoms with E-state index in [1.54, 1.807) is 17.4 Å². The maximum Gasteiger partial charge on any atom is 0.273 e. The van der Waals surface area contributed by atoms with Crippen LogP contribution in [0.5, 0.6) is 0 Å². The third-order valence-corrected chi connectivity index (χ3v) is 3.45. The maximum atomic E-state index is 12.3. The molecule has 0 bridgehead atoms. The summed E-state index contributed by atoms with van der Waals surface area (Å²) in [5.74, 6) is -0.0311.